The maximum Gasteiger partial charge on any atom is 0.0929 e. The standard InChI is InChI=1S/C9H14N2/c1-5-7-8(9(2,3)4)11-6-10-7/h5-6H,1H2,2-4H3,(H,10,11). The van der Waals surface area contributed by atoms with E-state index in [9.17, 15) is 0 Å². The molecule has 1 heterocycles. The first-order chi connectivity index (χ1) is 5.05. The van der Waals surface area contributed by atoms with Crippen molar-refractivity contribution in [3.63, 3.8) is 0 Å². The van der Waals surface area contributed by atoms with Crippen LogP contribution in [0.2, 0.25) is 0 Å². The average molecular weight is 150 g/mol. The van der Waals surface area contributed by atoms with Crippen molar-refractivity contribution < 1.29 is 0 Å². The van der Waals surface area contributed by atoms with Gasteiger partial charge in [-0.3, -0.25) is 0 Å². The van der Waals surface area contributed by atoms with Gasteiger partial charge in [-0.1, -0.05) is 27.4 Å². The third-order valence-electron chi connectivity index (χ3n) is 1.61. The highest BCUT2D eigenvalue weighted by molar-refractivity contribution is 5.46. The fraction of sp³-hybridized carbons (Fsp3) is 0.444. The molecule has 1 N–H and O–H groups in total. The zero-order valence-corrected chi connectivity index (χ0v) is 7.31. The van der Waals surface area contributed by atoms with Gasteiger partial charge in [-0.2, -0.15) is 0 Å². The number of aromatic amines is 1. The fourth-order valence-corrected chi connectivity index (χ4v) is 1.06. The molecule has 0 spiro atoms. The number of aromatic nitrogens is 2. The fourth-order valence-electron chi connectivity index (χ4n) is 1.06. The Hall–Kier alpha value is -1.05. The number of hydrogen-bond acceptors (Lipinski definition) is 1. The Morgan fingerprint density at radius 3 is 2.55 bits per heavy atom. The minimum Gasteiger partial charge on any atom is -0.348 e. The van der Waals surface area contributed by atoms with Crippen LogP contribution in [0.3, 0.4) is 0 Å². The minimum atomic E-state index is 0.125. The van der Waals surface area contributed by atoms with Gasteiger partial charge >= 0.3 is 0 Å². The third kappa shape index (κ3) is 1.50. The molecule has 2 nitrogen and oxygen atoms in total. The molecular weight excluding hydrogens is 136 g/mol. The predicted octanol–water partition coefficient (Wildman–Crippen LogP) is 2.35. The van der Waals surface area contributed by atoms with E-state index in [1.807, 2.05) is 0 Å². The molecule has 1 rings (SSSR count). The summed E-state index contributed by atoms with van der Waals surface area (Å²) < 4.78 is 0. The van der Waals surface area contributed by atoms with Gasteiger partial charge < -0.3 is 4.98 Å². The molecule has 0 bridgehead atoms. The molecule has 0 aromatic carbocycles. The number of nitrogens with one attached hydrogen (secondary N) is 1. The normalized spacial score (nSPS) is 11.5. The highest BCUT2D eigenvalue weighted by atomic mass is 14.9. The lowest BCUT2D eigenvalue weighted by Gasteiger charge is -2.16. The lowest BCUT2D eigenvalue weighted by Crippen LogP contribution is -2.13. The first-order valence-corrected chi connectivity index (χ1v) is 3.72. The Bertz CT molecular complexity index is 253. The van der Waals surface area contributed by atoms with Gasteiger partial charge in [-0.15, -0.1) is 0 Å². The Labute approximate surface area is 67.4 Å². The van der Waals surface area contributed by atoms with Crippen molar-refractivity contribution in [2.75, 3.05) is 0 Å². The molecule has 0 saturated heterocycles. The van der Waals surface area contributed by atoms with E-state index in [-0.39, 0.29) is 5.41 Å². The summed E-state index contributed by atoms with van der Waals surface area (Å²) in [6.45, 7) is 10.1. The highest BCUT2D eigenvalue weighted by Gasteiger charge is 2.18. The van der Waals surface area contributed by atoms with Gasteiger partial charge in [0, 0.05) is 11.1 Å². The minimum absolute atomic E-state index is 0.125. The molecular formula is C9H14N2. The summed E-state index contributed by atoms with van der Waals surface area (Å²) in [6.07, 6.45) is 3.48. The lowest BCUT2D eigenvalue weighted by molar-refractivity contribution is 0.571. The number of hydrogen-bond donors (Lipinski definition) is 1. The molecule has 0 atom stereocenters. The first-order valence-electron chi connectivity index (χ1n) is 3.72. The van der Waals surface area contributed by atoms with Crippen molar-refractivity contribution in [1.82, 2.24) is 9.97 Å². The van der Waals surface area contributed by atoms with Crippen LogP contribution in [-0.2, 0) is 5.41 Å². The van der Waals surface area contributed by atoms with Crippen LogP contribution < -0.4 is 0 Å². The number of rotatable bonds is 1. The Morgan fingerprint density at radius 2 is 2.18 bits per heavy atom. The number of nitrogens with zero attached hydrogens (tertiary/aromatic N) is 1. The van der Waals surface area contributed by atoms with Crippen molar-refractivity contribution in [1.29, 1.82) is 0 Å². The van der Waals surface area contributed by atoms with E-state index in [1.165, 1.54) is 0 Å². The molecule has 0 unspecified atom stereocenters. The van der Waals surface area contributed by atoms with Crippen LogP contribution in [0.1, 0.15) is 32.2 Å². The molecule has 1 aromatic heterocycles. The largest absolute Gasteiger partial charge is 0.348 e. The molecule has 1 aromatic rings. The van der Waals surface area contributed by atoms with Crippen LogP contribution in [0.5, 0.6) is 0 Å². The van der Waals surface area contributed by atoms with E-state index in [0.29, 0.717) is 0 Å². The maximum absolute atomic E-state index is 4.13. The van der Waals surface area contributed by atoms with Gasteiger partial charge in [0.25, 0.3) is 0 Å². The zero-order valence-electron chi connectivity index (χ0n) is 7.31. The van der Waals surface area contributed by atoms with Gasteiger partial charge in [0.15, 0.2) is 0 Å². The molecule has 0 aliphatic rings. The van der Waals surface area contributed by atoms with Gasteiger partial charge in [0.2, 0.25) is 0 Å². The Balaban J connectivity index is 3.12. The van der Waals surface area contributed by atoms with Crippen molar-refractivity contribution in [3.8, 4) is 0 Å². The molecule has 0 aliphatic heterocycles. The predicted molar refractivity (Wildman–Crippen MR) is 47.4 cm³/mol. The summed E-state index contributed by atoms with van der Waals surface area (Å²) in [5.74, 6) is 0. The van der Waals surface area contributed by atoms with Crippen molar-refractivity contribution in [2.24, 2.45) is 0 Å². The second-order valence-electron chi connectivity index (χ2n) is 3.62. The van der Waals surface area contributed by atoms with Crippen molar-refractivity contribution in [3.05, 3.63) is 24.3 Å². The zero-order chi connectivity index (χ0) is 8.48. The molecule has 60 valence electrons. The van der Waals surface area contributed by atoms with E-state index >= 15 is 0 Å². The quantitative estimate of drug-likeness (QED) is 0.654. The summed E-state index contributed by atoms with van der Waals surface area (Å²) >= 11 is 0. The van der Waals surface area contributed by atoms with Crippen LogP contribution >= 0.6 is 0 Å². The summed E-state index contributed by atoms with van der Waals surface area (Å²) in [7, 11) is 0. The molecule has 0 aliphatic carbocycles. The van der Waals surface area contributed by atoms with E-state index in [0.717, 1.165) is 11.4 Å². The summed E-state index contributed by atoms with van der Waals surface area (Å²) in [5, 5.41) is 0. The van der Waals surface area contributed by atoms with E-state index in [4.69, 9.17) is 0 Å². The molecule has 11 heavy (non-hydrogen) atoms. The van der Waals surface area contributed by atoms with Crippen LogP contribution in [-0.4, -0.2) is 9.97 Å². The summed E-state index contributed by atoms with van der Waals surface area (Å²) in [5.41, 5.74) is 2.23. The first kappa shape index (κ1) is 8.05. The second-order valence-corrected chi connectivity index (χ2v) is 3.62. The molecule has 2 heteroatoms. The average Bonchev–Trinajstić information content (AvgIpc) is 2.31. The van der Waals surface area contributed by atoms with Gasteiger partial charge in [-0.25, -0.2) is 4.98 Å². The third-order valence-corrected chi connectivity index (χ3v) is 1.61. The Morgan fingerprint density at radius 1 is 1.55 bits per heavy atom. The van der Waals surface area contributed by atoms with Gasteiger partial charge in [0.05, 0.1) is 12.0 Å². The summed E-state index contributed by atoms with van der Waals surface area (Å²) in [6, 6.07) is 0. The smallest absolute Gasteiger partial charge is 0.0929 e. The van der Waals surface area contributed by atoms with Gasteiger partial charge in [-0.05, 0) is 6.08 Å². The van der Waals surface area contributed by atoms with Crippen molar-refractivity contribution >= 4 is 6.08 Å². The van der Waals surface area contributed by atoms with E-state index in [1.54, 1.807) is 12.4 Å². The van der Waals surface area contributed by atoms with E-state index in [2.05, 4.69) is 37.3 Å². The number of imidazole rings is 1. The SMILES string of the molecule is C=Cc1nc[nH]c1C(C)(C)C. The van der Waals surface area contributed by atoms with E-state index < -0.39 is 0 Å². The molecule has 0 amide bonds. The molecule has 0 radical (unpaired) electrons. The lowest BCUT2D eigenvalue weighted by atomic mass is 9.91. The van der Waals surface area contributed by atoms with Crippen LogP contribution in [0.25, 0.3) is 6.08 Å². The van der Waals surface area contributed by atoms with Crippen LogP contribution in [0, 0.1) is 0 Å². The second kappa shape index (κ2) is 2.53. The Kier molecular flexibility index (Phi) is 1.85. The molecule has 0 saturated carbocycles. The summed E-state index contributed by atoms with van der Waals surface area (Å²) in [4.78, 5) is 7.24. The number of H-pyrrole nitrogens is 1. The highest BCUT2D eigenvalue weighted by Crippen LogP contribution is 2.22. The monoisotopic (exact) mass is 150 g/mol. The molecule has 0 fully saturated rings. The van der Waals surface area contributed by atoms with Crippen molar-refractivity contribution in [2.45, 2.75) is 26.2 Å². The van der Waals surface area contributed by atoms with Crippen LogP contribution in [0.4, 0.5) is 0 Å². The topological polar surface area (TPSA) is 28.7 Å². The maximum atomic E-state index is 4.13. The van der Waals surface area contributed by atoms with Crippen LogP contribution in [0.15, 0.2) is 12.9 Å². The van der Waals surface area contributed by atoms with Gasteiger partial charge in [0.1, 0.15) is 0 Å².